The van der Waals surface area contributed by atoms with Crippen LogP contribution in [0.3, 0.4) is 0 Å². The molecule has 0 aliphatic heterocycles. The molecule has 1 rings (SSSR count). The van der Waals surface area contributed by atoms with Crippen molar-refractivity contribution in [2.75, 3.05) is 5.32 Å². The number of nitrogens with one attached hydrogen (secondary N) is 1. The number of benzene rings is 1. The average molecular weight is 477 g/mol. The second-order valence-corrected chi connectivity index (χ2v) is 6.33. The first-order chi connectivity index (χ1) is 13.8. The second kappa shape index (κ2) is 8.41. The molecule has 0 bridgehead atoms. The Bertz CT molecular complexity index is 784. The number of amides is 1. The number of alkyl halides is 12. The van der Waals surface area contributed by atoms with Crippen molar-refractivity contribution in [2.24, 2.45) is 0 Å². The fourth-order valence-electron chi connectivity index (χ4n) is 2.48. The minimum Gasteiger partial charge on any atom is -0.320 e. The van der Waals surface area contributed by atoms with Crippen molar-refractivity contribution in [1.82, 2.24) is 0 Å². The van der Waals surface area contributed by atoms with Gasteiger partial charge in [-0.15, -0.1) is 0 Å². The van der Waals surface area contributed by atoms with E-state index >= 15 is 0 Å². The van der Waals surface area contributed by atoms with Gasteiger partial charge in [-0.1, -0.05) is 32.0 Å². The van der Waals surface area contributed by atoms with Gasteiger partial charge in [-0.3, -0.25) is 4.79 Å². The Labute approximate surface area is 167 Å². The first kappa shape index (κ1) is 26.9. The fourth-order valence-corrected chi connectivity index (χ4v) is 2.48. The van der Waals surface area contributed by atoms with Gasteiger partial charge >= 0.3 is 41.9 Å². The van der Waals surface area contributed by atoms with Crippen LogP contribution in [0.15, 0.2) is 18.2 Å². The van der Waals surface area contributed by atoms with E-state index in [0.29, 0.717) is 0 Å². The third-order valence-corrected chi connectivity index (χ3v) is 4.40. The third-order valence-electron chi connectivity index (χ3n) is 4.40. The molecule has 1 amide bonds. The molecule has 0 atom stereocenters. The maximum absolute atomic E-state index is 14.0. The Morgan fingerprint density at radius 2 is 1.23 bits per heavy atom. The number of carbonyl (C=O) groups is 1. The monoisotopic (exact) mass is 477 g/mol. The van der Waals surface area contributed by atoms with Gasteiger partial charge in [0.05, 0.1) is 0 Å². The number of aryl methyl sites for hydroxylation is 2. The standard InChI is InChI=1S/C17H15F12NO/c1-3-8-6-5-7-9(4-2)10(8)30-12(31)14(22,23)16(26,27)17(28,29)15(24,25)13(20,21)11(18)19/h5-7,11H,3-4H2,1-2H3,(H,30,31). The highest BCUT2D eigenvalue weighted by molar-refractivity contribution is 5.98. The Morgan fingerprint density at radius 3 is 1.58 bits per heavy atom. The lowest BCUT2D eigenvalue weighted by molar-refractivity contribution is -0.406. The van der Waals surface area contributed by atoms with E-state index in [1.54, 1.807) is 0 Å². The van der Waals surface area contributed by atoms with Gasteiger partial charge in [-0.25, -0.2) is 8.78 Å². The molecule has 31 heavy (non-hydrogen) atoms. The van der Waals surface area contributed by atoms with Gasteiger partial charge < -0.3 is 5.32 Å². The van der Waals surface area contributed by atoms with E-state index in [1.807, 2.05) is 0 Å². The molecule has 0 saturated heterocycles. The van der Waals surface area contributed by atoms with Crippen molar-refractivity contribution in [2.45, 2.75) is 62.7 Å². The summed E-state index contributed by atoms with van der Waals surface area (Å²) in [5.74, 6) is -39.9. The average Bonchev–Trinajstić information content (AvgIpc) is 2.66. The second-order valence-electron chi connectivity index (χ2n) is 6.33. The quantitative estimate of drug-likeness (QED) is 0.423. The van der Waals surface area contributed by atoms with Crippen LogP contribution in [0, 0.1) is 0 Å². The van der Waals surface area contributed by atoms with Crippen molar-refractivity contribution < 1.29 is 57.5 Å². The molecule has 0 aromatic heterocycles. The number of rotatable bonds is 9. The van der Waals surface area contributed by atoms with Crippen molar-refractivity contribution in [3.63, 3.8) is 0 Å². The Balaban J connectivity index is 3.47. The van der Waals surface area contributed by atoms with Crippen molar-refractivity contribution in [1.29, 1.82) is 0 Å². The lowest BCUT2D eigenvalue weighted by Crippen LogP contribution is -2.70. The minimum atomic E-state index is -7.75. The van der Waals surface area contributed by atoms with Crippen LogP contribution in [0.25, 0.3) is 0 Å². The van der Waals surface area contributed by atoms with Crippen LogP contribution in [0.5, 0.6) is 0 Å². The van der Waals surface area contributed by atoms with Gasteiger partial charge in [0.15, 0.2) is 0 Å². The molecule has 14 heteroatoms. The van der Waals surface area contributed by atoms with Crippen LogP contribution in [0.4, 0.5) is 58.4 Å². The first-order valence-corrected chi connectivity index (χ1v) is 8.43. The Hall–Kier alpha value is -2.15. The zero-order chi connectivity index (χ0) is 24.6. The van der Waals surface area contributed by atoms with Crippen molar-refractivity contribution in [3.8, 4) is 0 Å². The summed E-state index contributed by atoms with van der Waals surface area (Å²) >= 11 is 0. The molecule has 0 unspecified atom stereocenters. The molecule has 2 nitrogen and oxygen atoms in total. The number of para-hydroxylation sites is 1. The molecule has 0 fully saturated rings. The zero-order valence-electron chi connectivity index (χ0n) is 15.7. The zero-order valence-corrected chi connectivity index (χ0v) is 15.7. The van der Waals surface area contributed by atoms with Crippen LogP contribution in [0.2, 0.25) is 0 Å². The molecule has 0 saturated carbocycles. The SMILES string of the molecule is CCc1cccc(CC)c1NC(=O)C(F)(F)C(F)(F)C(F)(F)C(F)(F)C(F)(F)C(F)F. The number of hydrogen-bond acceptors (Lipinski definition) is 1. The Kier molecular flexibility index (Phi) is 7.30. The smallest absolute Gasteiger partial charge is 0.320 e. The fraction of sp³-hybridized carbons (Fsp3) is 0.588. The normalized spacial score (nSPS) is 14.2. The molecule has 0 aliphatic carbocycles. The summed E-state index contributed by atoms with van der Waals surface area (Å²) in [5, 5.41) is 1.23. The molecule has 178 valence electrons. The summed E-state index contributed by atoms with van der Waals surface area (Å²) in [5.41, 5.74) is -0.345. The summed E-state index contributed by atoms with van der Waals surface area (Å²) in [7, 11) is 0. The van der Waals surface area contributed by atoms with Gasteiger partial charge in [0, 0.05) is 5.69 Å². The molecule has 1 N–H and O–H groups in total. The summed E-state index contributed by atoms with van der Waals surface area (Å²) in [6.45, 7) is 2.89. The molecule has 0 heterocycles. The highest BCUT2D eigenvalue weighted by Gasteiger charge is 2.89. The highest BCUT2D eigenvalue weighted by Crippen LogP contribution is 2.58. The predicted molar refractivity (Wildman–Crippen MR) is 84.6 cm³/mol. The summed E-state index contributed by atoms with van der Waals surface area (Å²) in [4.78, 5) is 11.7. The van der Waals surface area contributed by atoms with E-state index in [-0.39, 0.29) is 24.0 Å². The third kappa shape index (κ3) is 4.04. The van der Waals surface area contributed by atoms with Crippen molar-refractivity contribution >= 4 is 11.6 Å². The Morgan fingerprint density at radius 1 is 0.806 bits per heavy atom. The van der Waals surface area contributed by atoms with Gasteiger partial charge in [-0.2, -0.15) is 43.9 Å². The number of hydrogen-bond donors (Lipinski definition) is 1. The lowest BCUT2D eigenvalue weighted by atomic mass is 9.93. The summed E-state index contributed by atoms with van der Waals surface area (Å²) < 4.78 is 159. The summed E-state index contributed by atoms with van der Waals surface area (Å²) in [6, 6.07) is 3.88. The van der Waals surface area contributed by atoms with Gasteiger partial charge in [0.2, 0.25) is 0 Å². The van der Waals surface area contributed by atoms with Gasteiger partial charge in [0.25, 0.3) is 0 Å². The van der Waals surface area contributed by atoms with Crippen LogP contribution in [-0.4, -0.2) is 41.9 Å². The topological polar surface area (TPSA) is 29.1 Å². The molecule has 1 aromatic rings. The largest absolute Gasteiger partial charge is 0.393 e. The van der Waals surface area contributed by atoms with Gasteiger partial charge in [-0.05, 0) is 24.0 Å². The van der Waals surface area contributed by atoms with E-state index in [9.17, 15) is 57.5 Å². The highest BCUT2D eigenvalue weighted by atomic mass is 19.4. The molecule has 0 radical (unpaired) electrons. The predicted octanol–water partition coefficient (Wildman–Crippen LogP) is 6.19. The van der Waals surface area contributed by atoms with E-state index in [4.69, 9.17) is 0 Å². The van der Waals surface area contributed by atoms with Crippen LogP contribution < -0.4 is 5.32 Å². The summed E-state index contributed by atoms with van der Waals surface area (Å²) in [6.07, 6.45) is -5.55. The van der Waals surface area contributed by atoms with E-state index in [1.165, 1.54) is 37.4 Å². The lowest BCUT2D eigenvalue weighted by Gasteiger charge is -2.38. The first-order valence-electron chi connectivity index (χ1n) is 8.43. The van der Waals surface area contributed by atoms with Crippen molar-refractivity contribution in [3.05, 3.63) is 29.3 Å². The van der Waals surface area contributed by atoms with Crippen LogP contribution in [0.1, 0.15) is 25.0 Å². The van der Waals surface area contributed by atoms with E-state index < -0.39 is 47.6 Å². The molecule has 0 spiro atoms. The molecule has 0 aliphatic rings. The maximum atomic E-state index is 14.0. The van der Waals surface area contributed by atoms with E-state index in [0.717, 1.165) is 0 Å². The van der Waals surface area contributed by atoms with Gasteiger partial charge in [0.1, 0.15) is 0 Å². The molecule has 1 aromatic carbocycles. The number of anilines is 1. The van der Waals surface area contributed by atoms with E-state index in [2.05, 4.69) is 0 Å². The van der Waals surface area contributed by atoms with Crippen LogP contribution in [-0.2, 0) is 17.6 Å². The van der Waals surface area contributed by atoms with Crippen LogP contribution >= 0.6 is 0 Å². The maximum Gasteiger partial charge on any atom is 0.393 e. The number of halogens is 12. The molecular weight excluding hydrogens is 462 g/mol. The minimum absolute atomic E-state index is 0.0280. The molecular formula is C17H15F12NO. The number of carbonyl (C=O) groups excluding carboxylic acids is 1.